The molecule has 0 saturated carbocycles. The van der Waals surface area contributed by atoms with Gasteiger partial charge in [0.05, 0.1) is 18.3 Å². The van der Waals surface area contributed by atoms with E-state index in [2.05, 4.69) is 0 Å². The lowest BCUT2D eigenvalue weighted by molar-refractivity contribution is -0.265. The minimum atomic E-state index is -2.47. The standard InChI is InChI=1S/C63H94BNO16/c1-39-22-16-14-17-23-41(3)53(75-12)35-49-29-28-46(8)63(73,81-49)58(69)59(70)65-31-21-20-26-50(65)60(71)79-54(36-51(66)42(4)34-45(7)56(68)57(76-13)55(67)44(6)33-39)43(5)32-40(2)27-30-52(47(9)74-11)80-61(72)62(10)37-77-64(78-38-62)48-24-18-15-19-25-48/h14-19,22-25,34,39-40,42-44,46-47,49-50,52-54,56-57,68,73H,20-21,26-33,35-38H2,1-13H3/b17-14?,22-16+,41-23?,45-34+. The Morgan fingerprint density at radius 3 is 2.21 bits per heavy atom. The molecule has 81 heavy (non-hydrogen) atoms. The number of hydrogen-bond donors (Lipinski definition) is 2. The average molecular weight is 1130 g/mol. The van der Waals surface area contributed by atoms with Gasteiger partial charge in [-0.25, -0.2) is 4.79 Å². The summed E-state index contributed by atoms with van der Waals surface area (Å²) in [4.78, 5) is 86.8. The molecule has 18 heteroatoms. The summed E-state index contributed by atoms with van der Waals surface area (Å²) in [5.74, 6) is -9.02. The summed E-state index contributed by atoms with van der Waals surface area (Å²) in [5.41, 5.74) is 1.01. The first kappa shape index (κ1) is 67.1. The van der Waals surface area contributed by atoms with Crippen molar-refractivity contribution in [1.29, 1.82) is 0 Å². The lowest BCUT2D eigenvalue weighted by Gasteiger charge is -2.42. The van der Waals surface area contributed by atoms with Gasteiger partial charge in [0, 0.05) is 71.7 Å². The summed E-state index contributed by atoms with van der Waals surface area (Å²) in [5, 5.41) is 23.7. The number of aliphatic hydroxyl groups is 2. The molecule has 3 fully saturated rings. The lowest BCUT2D eigenvalue weighted by Crippen LogP contribution is -2.61. The third kappa shape index (κ3) is 18.2. The molecule has 1 aromatic rings. The zero-order valence-corrected chi connectivity index (χ0v) is 50.5. The van der Waals surface area contributed by atoms with E-state index in [-0.39, 0.29) is 56.0 Å². The van der Waals surface area contributed by atoms with Crippen LogP contribution >= 0.6 is 0 Å². The van der Waals surface area contributed by atoms with Gasteiger partial charge in [-0.2, -0.15) is 0 Å². The molecule has 0 radical (unpaired) electrons. The molecule has 2 bridgehead atoms. The van der Waals surface area contributed by atoms with Crippen LogP contribution in [-0.2, 0) is 66.5 Å². The van der Waals surface area contributed by atoms with Gasteiger partial charge >= 0.3 is 19.1 Å². The second-order valence-electron chi connectivity index (χ2n) is 24.1. The van der Waals surface area contributed by atoms with Crippen molar-refractivity contribution in [2.24, 2.45) is 40.9 Å². The number of methoxy groups -OCH3 is 3. The molecule has 2 N–H and O–H groups in total. The van der Waals surface area contributed by atoms with Gasteiger partial charge < -0.3 is 52.8 Å². The first-order valence-corrected chi connectivity index (χ1v) is 29.4. The van der Waals surface area contributed by atoms with Gasteiger partial charge in [0.2, 0.25) is 5.79 Å². The first-order valence-electron chi connectivity index (χ1n) is 29.4. The van der Waals surface area contributed by atoms with Crippen LogP contribution in [-0.4, -0.2) is 153 Å². The first-order chi connectivity index (χ1) is 38.4. The number of cyclic esters (lactones) is 1. The summed E-state index contributed by atoms with van der Waals surface area (Å²) in [6.07, 6.45) is 9.56. The predicted octanol–water partition coefficient (Wildman–Crippen LogP) is 7.82. The molecular weight excluding hydrogens is 1040 g/mol. The van der Waals surface area contributed by atoms with Crippen molar-refractivity contribution in [3.63, 3.8) is 0 Å². The number of benzene rings is 1. The SMILES string of the molecule is COC1CC2CCC(C)C(O)(O2)C(=O)C(=O)N2CCCCC2C(=O)OC(C(C)CC(C)CCC(OC(=O)C2(C)COB(c3ccccc3)OC2)C(C)OC)CC(=O)C(C)/C=C(\C)C(O)C(OC)C(=O)C(C)CC(C)/C=C/C=CC=C1C. The number of aliphatic hydroxyl groups excluding tert-OH is 1. The van der Waals surface area contributed by atoms with E-state index >= 15 is 0 Å². The van der Waals surface area contributed by atoms with Crippen molar-refractivity contribution in [3.05, 3.63) is 77.9 Å². The highest BCUT2D eigenvalue weighted by Gasteiger charge is 2.53. The molecule has 4 aliphatic heterocycles. The number of rotatable bonds is 13. The number of piperidine rings is 1. The lowest BCUT2D eigenvalue weighted by atomic mass is 9.75. The fourth-order valence-electron chi connectivity index (χ4n) is 11.5. The topological polar surface area (TPSA) is 220 Å². The van der Waals surface area contributed by atoms with E-state index < -0.39 is 114 Å². The second kappa shape index (κ2) is 31.3. The number of carbonyl (C=O) groups excluding carboxylic acids is 6. The third-order valence-electron chi connectivity index (χ3n) is 17.1. The van der Waals surface area contributed by atoms with E-state index in [0.29, 0.717) is 63.4 Å². The highest BCUT2D eigenvalue weighted by Crippen LogP contribution is 2.37. The van der Waals surface area contributed by atoms with Crippen LogP contribution in [0, 0.1) is 40.9 Å². The maximum Gasteiger partial charge on any atom is 0.493 e. The Kier molecular flexibility index (Phi) is 25.9. The number of carbonyl (C=O) groups is 6. The monoisotopic (exact) mass is 1130 g/mol. The van der Waals surface area contributed by atoms with Gasteiger partial charge in [-0.15, -0.1) is 0 Å². The van der Waals surface area contributed by atoms with Gasteiger partial charge in [-0.3, -0.25) is 24.0 Å². The van der Waals surface area contributed by atoms with Crippen LogP contribution in [0.5, 0.6) is 0 Å². The van der Waals surface area contributed by atoms with Crippen molar-refractivity contribution in [3.8, 4) is 0 Å². The van der Waals surface area contributed by atoms with Gasteiger partial charge in [0.15, 0.2) is 5.78 Å². The van der Waals surface area contributed by atoms with Crippen molar-refractivity contribution in [2.75, 3.05) is 41.1 Å². The summed E-state index contributed by atoms with van der Waals surface area (Å²) >= 11 is 0. The molecule has 1 amide bonds. The quantitative estimate of drug-likeness (QED) is 0.0832. The average Bonchev–Trinajstić information content (AvgIpc) is 3.46. The minimum Gasteiger partial charge on any atom is -0.460 e. The van der Waals surface area contributed by atoms with E-state index in [9.17, 15) is 39.0 Å². The summed E-state index contributed by atoms with van der Waals surface area (Å²) in [6.45, 7) is 18.4. The van der Waals surface area contributed by atoms with Gasteiger partial charge in [0.25, 0.3) is 11.7 Å². The van der Waals surface area contributed by atoms with Crippen molar-refractivity contribution >= 4 is 47.8 Å². The summed E-state index contributed by atoms with van der Waals surface area (Å²) in [7, 11) is 3.89. The second-order valence-corrected chi connectivity index (χ2v) is 24.1. The van der Waals surface area contributed by atoms with Crippen LogP contribution in [0.3, 0.4) is 0 Å². The Hall–Kier alpha value is -4.66. The van der Waals surface area contributed by atoms with E-state index in [1.54, 1.807) is 48.0 Å². The third-order valence-corrected chi connectivity index (χ3v) is 17.1. The molecule has 0 spiro atoms. The molecule has 4 heterocycles. The number of nitrogens with zero attached hydrogens (tertiary/aromatic N) is 1. The molecule has 4 aliphatic rings. The molecular formula is C63H94BNO16. The number of ketones is 3. The van der Waals surface area contributed by atoms with E-state index in [4.69, 9.17) is 37.7 Å². The number of Topliss-reactive ketones (excluding diaryl/α,β-unsaturated/α-hetero) is 3. The number of esters is 2. The fraction of sp³-hybridized carbons (Fsp3) is 0.683. The normalized spacial score (nSPS) is 32.8. The van der Waals surface area contributed by atoms with Crippen LogP contribution in [0.15, 0.2) is 77.9 Å². The Balaban J connectivity index is 1.40. The summed E-state index contributed by atoms with van der Waals surface area (Å²) < 4.78 is 47.9. The Bertz CT molecular complexity index is 2380. The Morgan fingerprint density at radius 1 is 0.864 bits per heavy atom. The minimum absolute atomic E-state index is 0.00472. The van der Waals surface area contributed by atoms with Gasteiger partial charge in [0.1, 0.15) is 41.7 Å². The maximum atomic E-state index is 14.7. The van der Waals surface area contributed by atoms with Crippen LogP contribution in [0.2, 0.25) is 0 Å². The Labute approximate surface area is 482 Å². The fourth-order valence-corrected chi connectivity index (χ4v) is 11.5. The maximum absolute atomic E-state index is 14.7. The highest BCUT2D eigenvalue weighted by atomic mass is 16.6. The van der Waals surface area contributed by atoms with Crippen molar-refractivity contribution in [2.45, 2.75) is 194 Å². The smallest absolute Gasteiger partial charge is 0.460 e. The largest absolute Gasteiger partial charge is 0.493 e. The molecule has 3 saturated heterocycles. The number of allylic oxidation sites excluding steroid dienone is 6. The van der Waals surface area contributed by atoms with Gasteiger partial charge in [-0.05, 0) is 120 Å². The van der Waals surface area contributed by atoms with Crippen molar-refractivity contribution < 1.29 is 76.7 Å². The molecule has 15 unspecified atom stereocenters. The molecule has 0 aromatic heterocycles. The summed E-state index contributed by atoms with van der Waals surface area (Å²) in [6, 6.07) is 8.30. The molecule has 15 atom stereocenters. The van der Waals surface area contributed by atoms with Crippen LogP contribution < -0.4 is 5.46 Å². The molecule has 17 nitrogen and oxygen atoms in total. The molecule has 5 rings (SSSR count). The number of ether oxygens (including phenoxy) is 6. The van der Waals surface area contributed by atoms with Crippen LogP contribution in [0.4, 0.5) is 0 Å². The van der Waals surface area contributed by atoms with Gasteiger partial charge in [-0.1, -0.05) is 108 Å². The van der Waals surface area contributed by atoms with Crippen molar-refractivity contribution in [1.82, 2.24) is 4.90 Å². The number of amides is 1. The molecule has 450 valence electrons. The van der Waals surface area contributed by atoms with Crippen LogP contribution in [0.25, 0.3) is 0 Å². The van der Waals surface area contributed by atoms with E-state index in [1.807, 2.05) is 102 Å². The zero-order valence-electron chi connectivity index (χ0n) is 50.5. The van der Waals surface area contributed by atoms with E-state index in [1.165, 1.54) is 12.0 Å². The van der Waals surface area contributed by atoms with E-state index in [0.717, 1.165) is 11.0 Å². The molecule has 0 aliphatic carbocycles. The number of hydrogen-bond acceptors (Lipinski definition) is 16. The zero-order chi connectivity index (χ0) is 59.8. The van der Waals surface area contributed by atoms with Crippen LogP contribution in [0.1, 0.15) is 140 Å². The molecule has 1 aromatic carbocycles. The number of fused-ring (bicyclic) bond motifs is 3. The highest BCUT2D eigenvalue weighted by molar-refractivity contribution is 6.61. The Morgan fingerprint density at radius 2 is 1.56 bits per heavy atom. The predicted molar refractivity (Wildman–Crippen MR) is 308 cm³/mol.